The van der Waals surface area contributed by atoms with E-state index in [0.717, 1.165) is 37.9 Å². The van der Waals surface area contributed by atoms with E-state index in [2.05, 4.69) is 12.2 Å². The summed E-state index contributed by atoms with van der Waals surface area (Å²) >= 11 is 0. The summed E-state index contributed by atoms with van der Waals surface area (Å²) in [5, 5.41) is 3.07. The predicted octanol–water partition coefficient (Wildman–Crippen LogP) is 2.75. The van der Waals surface area contributed by atoms with Crippen LogP contribution in [0.5, 0.6) is 5.75 Å². The van der Waals surface area contributed by atoms with Gasteiger partial charge in [0.05, 0.1) is 18.9 Å². The quantitative estimate of drug-likeness (QED) is 0.620. The molecule has 158 valence electrons. The number of hydrogen-bond donors (Lipinski definition) is 2. The van der Waals surface area contributed by atoms with E-state index in [4.69, 9.17) is 10.5 Å². The fourth-order valence-electron chi connectivity index (χ4n) is 3.37. The Morgan fingerprint density at radius 1 is 1.32 bits per heavy atom. The van der Waals surface area contributed by atoms with Crippen LogP contribution in [-0.4, -0.2) is 49.0 Å². The van der Waals surface area contributed by atoms with Gasteiger partial charge in [0.15, 0.2) is 0 Å². The van der Waals surface area contributed by atoms with E-state index in [9.17, 15) is 9.59 Å². The zero-order chi connectivity index (χ0) is 19.5. The summed E-state index contributed by atoms with van der Waals surface area (Å²) in [5.41, 5.74) is 5.78. The molecule has 3 N–H and O–H groups in total. The lowest BCUT2D eigenvalue weighted by Crippen LogP contribution is -2.49. The molecule has 7 heteroatoms. The van der Waals surface area contributed by atoms with Crippen molar-refractivity contribution in [1.82, 2.24) is 10.2 Å². The van der Waals surface area contributed by atoms with Crippen molar-refractivity contribution in [3.05, 3.63) is 30.3 Å². The highest BCUT2D eigenvalue weighted by Crippen LogP contribution is 2.18. The van der Waals surface area contributed by atoms with Crippen molar-refractivity contribution in [2.45, 2.75) is 51.5 Å². The van der Waals surface area contributed by atoms with E-state index in [1.165, 1.54) is 0 Å². The van der Waals surface area contributed by atoms with Gasteiger partial charge >= 0.3 is 0 Å². The summed E-state index contributed by atoms with van der Waals surface area (Å²) in [6, 6.07) is 9.51. The molecule has 0 spiro atoms. The minimum Gasteiger partial charge on any atom is -0.493 e. The number of halogens is 1. The molecule has 1 saturated heterocycles. The van der Waals surface area contributed by atoms with Gasteiger partial charge < -0.3 is 20.7 Å². The van der Waals surface area contributed by atoms with Crippen LogP contribution in [0.1, 0.15) is 45.4 Å². The molecular weight excluding hydrogens is 378 g/mol. The molecule has 1 fully saturated rings. The van der Waals surface area contributed by atoms with Crippen molar-refractivity contribution >= 4 is 24.2 Å². The van der Waals surface area contributed by atoms with Crippen LogP contribution in [0.15, 0.2) is 30.3 Å². The first-order valence-corrected chi connectivity index (χ1v) is 10.1. The number of carbonyl (C=O) groups is 2. The fourth-order valence-corrected chi connectivity index (χ4v) is 3.37. The maximum atomic E-state index is 12.6. The number of unbranched alkanes of at least 4 members (excludes halogenated alkanes) is 1. The van der Waals surface area contributed by atoms with Gasteiger partial charge in [-0.15, -0.1) is 12.4 Å². The third-order valence-electron chi connectivity index (χ3n) is 5.01. The van der Waals surface area contributed by atoms with Crippen molar-refractivity contribution in [2.75, 3.05) is 26.2 Å². The molecular formula is C21H34ClN3O3. The summed E-state index contributed by atoms with van der Waals surface area (Å²) in [4.78, 5) is 26.8. The molecule has 1 aromatic carbocycles. The van der Waals surface area contributed by atoms with Crippen LogP contribution in [-0.2, 0) is 9.59 Å². The van der Waals surface area contributed by atoms with E-state index >= 15 is 0 Å². The molecule has 2 amide bonds. The lowest BCUT2D eigenvalue weighted by atomic mass is 9.96. The Bertz CT molecular complexity index is 586. The summed E-state index contributed by atoms with van der Waals surface area (Å²) in [6.07, 6.45) is 5.05. The molecule has 2 rings (SSSR count). The number of piperidine rings is 1. The second kappa shape index (κ2) is 13.4. The SMILES string of the molecule is CCCCC(CN)NC(=O)C1CCCN(C(=O)CCOc2ccccc2)C1.Cl. The van der Waals surface area contributed by atoms with Gasteiger partial charge in [-0.05, 0) is 31.4 Å². The first-order valence-electron chi connectivity index (χ1n) is 10.1. The molecule has 0 radical (unpaired) electrons. The minimum absolute atomic E-state index is 0. The molecule has 1 heterocycles. The smallest absolute Gasteiger partial charge is 0.226 e. The summed E-state index contributed by atoms with van der Waals surface area (Å²) in [5.74, 6) is 0.693. The third-order valence-corrected chi connectivity index (χ3v) is 5.01. The van der Waals surface area contributed by atoms with Gasteiger partial charge in [-0.1, -0.05) is 38.0 Å². The maximum absolute atomic E-state index is 12.6. The Morgan fingerprint density at radius 3 is 2.75 bits per heavy atom. The molecule has 0 bridgehead atoms. The molecule has 1 aliphatic heterocycles. The summed E-state index contributed by atoms with van der Waals surface area (Å²) < 4.78 is 5.61. The van der Waals surface area contributed by atoms with Gasteiger partial charge in [-0.25, -0.2) is 0 Å². The highest BCUT2D eigenvalue weighted by atomic mass is 35.5. The highest BCUT2D eigenvalue weighted by Gasteiger charge is 2.29. The second-order valence-corrected chi connectivity index (χ2v) is 7.17. The lowest BCUT2D eigenvalue weighted by molar-refractivity contribution is -0.136. The first kappa shape index (κ1) is 24.2. The number of para-hydroxylation sites is 1. The van der Waals surface area contributed by atoms with Crippen LogP contribution >= 0.6 is 12.4 Å². The largest absolute Gasteiger partial charge is 0.493 e. The summed E-state index contributed by atoms with van der Waals surface area (Å²) in [7, 11) is 0. The van der Waals surface area contributed by atoms with Crippen LogP contribution in [0.2, 0.25) is 0 Å². The number of amides is 2. The Balaban J connectivity index is 0.00000392. The predicted molar refractivity (Wildman–Crippen MR) is 114 cm³/mol. The van der Waals surface area contributed by atoms with Gasteiger partial charge in [0.1, 0.15) is 5.75 Å². The van der Waals surface area contributed by atoms with Gasteiger partial charge in [0.25, 0.3) is 0 Å². The van der Waals surface area contributed by atoms with Gasteiger partial charge in [-0.2, -0.15) is 0 Å². The maximum Gasteiger partial charge on any atom is 0.226 e. The van der Waals surface area contributed by atoms with Gasteiger partial charge in [0, 0.05) is 25.7 Å². The van der Waals surface area contributed by atoms with E-state index < -0.39 is 0 Å². The van der Waals surface area contributed by atoms with E-state index in [1.807, 2.05) is 30.3 Å². The van der Waals surface area contributed by atoms with E-state index in [1.54, 1.807) is 4.90 Å². The van der Waals surface area contributed by atoms with Crippen LogP contribution in [0.4, 0.5) is 0 Å². The Labute approximate surface area is 174 Å². The van der Waals surface area contributed by atoms with Crippen molar-refractivity contribution in [3.63, 3.8) is 0 Å². The van der Waals surface area contributed by atoms with Gasteiger partial charge in [-0.3, -0.25) is 9.59 Å². The lowest BCUT2D eigenvalue weighted by Gasteiger charge is -2.33. The van der Waals surface area contributed by atoms with E-state index in [0.29, 0.717) is 32.7 Å². The monoisotopic (exact) mass is 411 g/mol. The zero-order valence-electron chi connectivity index (χ0n) is 16.8. The minimum atomic E-state index is -0.145. The fraction of sp³-hybridized carbons (Fsp3) is 0.619. The number of nitrogens with one attached hydrogen (secondary N) is 1. The third kappa shape index (κ3) is 8.07. The average Bonchev–Trinajstić information content (AvgIpc) is 2.71. The number of nitrogens with zero attached hydrogens (tertiary/aromatic N) is 1. The molecule has 2 unspecified atom stereocenters. The first-order chi connectivity index (χ1) is 13.1. The second-order valence-electron chi connectivity index (χ2n) is 7.17. The van der Waals surface area contributed by atoms with E-state index in [-0.39, 0.29) is 36.2 Å². The number of nitrogens with two attached hydrogens (primary N) is 1. The van der Waals surface area contributed by atoms with Crippen molar-refractivity contribution < 1.29 is 14.3 Å². The number of rotatable bonds is 10. The molecule has 28 heavy (non-hydrogen) atoms. The van der Waals surface area contributed by atoms with Crippen molar-refractivity contribution in [2.24, 2.45) is 11.7 Å². The van der Waals surface area contributed by atoms with Crippen molar-refractivity contribution in [3.8, 4) is 5.75 Å². The molecule has 6 nitrogen and oxygen atoms in total. The number of carbonyl (C=O) groups excluding carboxylic acids is 2. The summed E-state index contributed by atoms with van der Waals surface area (Å²) in [6.45, 7) is 4.13. The Hall–Kier alpha value is -1.79. The van der Waals surface area contributed by atoms with Crippen LogP contribution in [0, 0.1) is 5.92 Å². The topological polar surface area (TPSA) is 84.7 Å². The average molecular weight is 412 g/mol. The Morgan fingerprint density at radius 2 is 2.07 bits per heavy atom. The number of benzene rings is 1. The molecule has 0 saturated carbocycles. The highest BCUT2D eigenvalue weighted by molar-refractivity contribution is 5.85. The molecule has 1 aromatic rings. The molecule has 2 atom stereocenters. The normalized spacial score (nSPS) is 17.4. The number of ether oxygens (including phenoxy) is 1. The molecule has 1 aliphatic rings. The number of hydrogen-bond acceptors (Lipinski definition) is 4. The zero-order valence-corrected chi connectivity index (χ0v) is 17.6. The van der Waals surface area contributed by atoms with Crippen LogP contribution in [0.3, 0.4) is 0 Å². The van der Waals surface area contributed by atoms with Crippen LogP contribution < -0.4 is 15.8 Å². The van der Waals surface area contributed by atoms with Crippen molar-refractivity contribution in [1.29, 1.82) is 0 Å². The number of likely N-dealkylation sites (tertiary alicyclic amines) is 1. The Kier molecular flexibility index (Phi) is 11.6. The molecule has 0 aliphatic carbocycles. The standard InChI is InChI=1S/C21H33N3O3.ClH/c1-2-3-9-18(15-22)23-21(26)17-8-7-13-24(16-17)20(25)12-14-27-19-10-5-4-6-11-19;/h4-6,10-11,17-18H,2-3,7-9,12-16,22H2,1H3,(H,23,26);1H. The molecule has 0 aromatic heterocycles. The van der Waals surface area contributed by atoms with Gasteiger partial charge in [0.2, 0.25) is 11.8 Å². The van der Waals surface area contributed by atoms with Crippen LogP contribution in [0.25, 0.3) is 0 Å².